The number of hydrogen-bond acceptors (Lipinski definition) is 3. The van der Waals surface area contributed by atoms with Crippen molar-refractivity contribution >= 4 is 18.3 Å². The van der Waals surface area contributed by atoms with Crippen molar-refractivity contribution in [2.24, 2.45) is 0 Å². The molecule has 1 heterocycles. The fraction of sp³-hybridized carbons (Fsp3) is 0.909. The molecule has 4 nitrogen and oxygen atoms in total. The van der Waals surface area contributed by atoms with Crippen LogP contribution < -0.4 is 10.6 Å². The van der Waals surface area contributed by atoms with Gasteiger partial charge in [0.1, 0.15) is 6.61 Å². The van der Waals surface area contributed by atoms with Gasteiger partial charge in [0.05, 0.1) is 0 Å². The van der Waals surface area contributed by atoms with E-state index in [2.05, 4.69) is 17.6 Å². The quantitative estimate of drug-likeness (QED) is 0.694. The van der Waals surface area contributed by atoms with Crippen molar-refractivity contribution in [1.82, 2.24) is 10.6 Å². The smallest absolute Gasteiger partial charge is 0.246 e. The highest BCUT2D eigenvalue weighted by Crippen LogP contribution is 2.00. The summed E-state index contributed by atoms with van der Waals surface area (Å²) in [5, 5.41) is 6.23. The lowest BCUT2D eigenvalue weighted by molar-refractivity contribution is -0.126. The van der Waals surface area contributed by atoms with Crippen molar-refractivity contribution < 1.29 is 9.53 Å². The highest BCUT2D eigenvalue weighted by Gasteiger charge is 2.14. The van der Waals surface area contributed by atoms with Crippen molar-refractivity contribution in [3.8, 4) is 0 Å². The van der Waals surface area contributed by atoms with Gasteiger partial charge in [-0.3, -0.25) is 4.79 Å². The molecule has 16 heavy (non-hydrogen) atoms. The zero-order chi connectivity index (χ0) is 10.9. The van der Waals surface area contributed by atoms with E-state index in [9.17, 15) is 4.79 Å². The SMILES string of the molecule is CCCCOCC(=O)NC1CCCNC1.Cl. The Kier molecular flexibility index (Phi) is 9.68. The maximum Gasteiger partial charge on any atom is 0.246 e. The molecule has 5 heteroatoms. The van der Waals surface area contributed by atoms with Gasteiger partial charge in [0.25, 0.3) is 0 Å². The summed E-state index contributed by atoms with van der Waals surface area (Å²) in [7, 11) is 0. The molecule has 0 bridgehead atoms. The Morgan fingerprint density at radius 1 is 1.56 bits per heavy atom. The monoisotopic (exact) mass is 250 g/mol. The summed E-state index contributed by atoms with van der Waals surface area (Å²) in [6.07, 6.45) is 4.35. The molecule has 1 rings (SSSR count). The van der Waals surface area contributed by atoms with E-state index in [4.69, 9.17) is 4.74 Å². The predicted molar refractivity (Wildman–Crippen MR) is 67.0 cm³/mol. The molecule has 0 aromatic heterocycles. The fourth-order valence-electron chi connectivity index (χ4n) is 1.66. The minimum atomic E-state index is 0. The maximum atomic E-state index is 11.4. The standard InChI is InChI=1S/C11H22N2O2.ClH/c1-2-3-7-15-9-11(14)13-10-5-4-6-12-8-10;/h10,12H,2-9H2,1H3,(H,13,14);1H. The van der Waals surface area contributed by atoms with Crippen molar-refractivity contribution in [3.05, 3.63) is 0 Å². The number of unbranched alkanes of at least 4 members (excludes halogenated alkanes) is 1. The van der Waals surface area contributed by atoms with E-state index in [0.717, 1.165) is 38.8 Å². The molecule has 0 aliphatic carbocycles. The highest BCUT2D eigenvalue weighted by atomic mass is 35.5. The molecule has 1 unspecified atom stereocenters. The lowest BCUT2D eigenvalue weighted by atomic mass is 10.1. The summed E-state index contributed by atoms with van der Waals surface area (Å²) in [6.45, 7) is 4.96. The van der Waals surface area contributed by atoms with Gasteiger partial charge in [-0.15, -0.1) is 12.4 Å². The van der Waals surface area contributed by atoms with Crippen LogP contribution >= 0.6 is 12.4 Å². The molecule has 0 aromatic rings. The Labute approximate surface area is 104 Å². The van der Waals surface area contributed by atoms with Crippen LogP contribution in [0.2, 0.25) is 0 Å². The molecular formula is C11H23ClN2O2. The molecule has 96 valence electrons. The van der Waals surface area contributed by atoms with Gasteiger partial charge < -0.3 is 15.4 Å². The van der Waals surface area contributed by atoms with Crippen LogP contribution in [0.25, 0.3) is 0 Å². The molecule has 1 aliphatic heterocycles. The number of carbonyl (C=O) groups is 1. The summed E-state index contributed by atoms with van der Waals surface area (Å²) in [6, 6.07) is 0.293. The third-order valence-electron chi connectivity index (χ3n) is 2.54. The van der Waals surface area contributed by atoms with Crippen LogP contribution in [-0.4, -0.2) is 38.3 Å². The highest BCUT2D eigenvalue weighted by molar-refractivity contribution is 5.85. The average Bonchev–Trinajstić information content (AvgIpc) is 2.26. The number of ether oxygens (including phenoxy) is 1. The first-order valence-electron chi connectivity index (χ1n) is 5.90. The van der Waals surface area contributed by atoms with Gasteiger partial charge in [0, 0.05) is 19.2 Å². The Bertz CT molecular complexity index is 185. The minimum Gasteiger partial charge on any atom is -0.372 e. The van der Waals surface area contributed by atoms with Crippen LogP contribution in [0.3, 0.4) is 0 Å². The number of carbonyl (C=O) groups excluding carboxylic acids is 1. The molecule has 2 N–H and O–H groups in total. The Hall–Kier alpha value is -0.320. The minimum absolute atomic E-state index is 0. The molecular weight excluding hydrogens is 228 g/mol. The van der Waals surface area contributed by atoms with E-state index in [1.807, 2.05) is 0 Å². The number of piperidine rings is 1. The van der Waals surface area contributed by atoms with Crippen LogP contribution in [-0.2, 0) is 9.53 Å². The molecule has 0 spiro atoms. The van der Waals surface area contributed by atoms with Crippen LogP contribution in [0, 0.1) is 0 Å². The van der Waals surface area contributed by atoms with Crippen LogP contribution in [0.15, 0.2) is 0 Å². The van der Waals surface area contributed by atoms with Gasteiger partial charge in [-0.2, -0.15) is 0 Å². The van der Waals surface area contributed by atoms with E-state index in [0.29, 0.717) is 12.6 Å². The number of rotatable bonds is 6. The third kappa shape index (κ3) is 7.04. The van der Waals surface area contributed by atoms with Crippen molar-refractivity contribution in [3.63, 3.8) is 0 Å². The number of halogens is 1. The molecule has 0 saturated carbocycles. The van der Waals surface area contributed by atoms with E-state index in [1.54, 1.807) is 0 Å². The normalized spacial score (nSPS) is 19.9. The Morgan fingerprint density at radius 2 is 2.38 bits per heavy atom. The second-order valence-corrected chi connectivity index (χ2v) is 4.02. The van der Waals surface area contributed by atoms with Crippen molar-refractivity contribution in [1.29, 1.82) is 0 Å². The lowest BCUT2D eigenvalue weighted by Crippen LogP contribution is -2.46. The van der Waals surface area contributed by atoms with Crippen LogP contribution in [0.4, 0.5) is 0 Å². The lowest BCUT2D eigenvalue weighted by Gasteiger charge is -2.23. The molecule has 1 saturated heterocycles. The maximum absolute atomic E-state index is 11.4. The topological polar surface area (TPSA) is 50.4 Å². The molecule has 0 radical (unpaired) electrons. The predicted octanol–water partition coefficient (Wildman–Crippen LogP) is 1.09. The molecule has 1 fully saturated rings. The average molecular weight is 251 g/mol. The van der Waals surface area contributed by atoms with Gasteiger partial charge in [0.15, 0.2) is 0 Å². The third-order valence-corrected chi connectivity index (χ3v) is 2.54. The van der Waals surface area contributed by atoms with Gasteiger partial charge in [-0.1, -0.05) is 13.3 Å². The van der Waals surface area contributed by atoms with Gasteiger partial charge >= 0.3 is 0 Å². The largest absolute Gasteiger partial charge is 0.372 e. The summed E-state index contributed by atoms with van der Waals surface area (Å²) >= 11 is 0. The van der Waals surface area contributed by atoms with Crippen LogP contribution in [0.1, 0.15) is 32.6 Å². The summed E-state index contributed by atoms with van der Waals surface area (Å²) in [4.78, 5) is 11.4. The zero-order valence-corrected chi connectivity index (χ0v) is 10.8. The summed E-state index contributed by atoms with van der Waals surface area (Å²) in [5.74, 6) is 0.0137. The van der Waals surface area contributed by atoms with E-state index >= 15 is 0 Å². The zero-order valence-electron chi connectivity index (χ0n) is 9.96. The Balaban J connectivity index is 0.00000225. The first kappa shape index (κ1) is 15.7. The number of nitrogens with one attached hydrogen (secondary N) is 2. The molecule has 1 amide bonds. The first-order valence-corrected chi connectivity index (χ1v) is 5.90. The number of amides is 1. The first-order chi connectivity index (χ1) is 7.33. The van der Waals surface area contributed by atoms with E-state index in [1.165, 1.54) is 0 Å². The molecule has 0 aromatic carbocycles. The van der Waals surface area contributed by atoms with Gasteiger partial charge in [-0.25, -0.2) is 0 Å². The van der Waals surface area contributed by atoms with Crippen LogP contribution in [0.5, 0.6) is 0 Å². The fourth-order valence-corrected chi connectivity index (χ4v) is 1.66. The Morgan fingerprint density at radius 3 is 3.00 bits per heavy atom. The van der Waals surface area contributed by atoms with Gasteiger partial charge in [-0.05, 0) is 25.8 Å². The van der Waals surface area contributed by atoms with Crippen molar-refractivity contribution in [2.75, 3.05) is 26.3 Å². The van der Waals surface area contributed by atoms with E-state index < -0.39 is 0 Å². The summed E-state index contributed by atoms with van der Waals surface area (Å²) in [5.41, 5.74) is 0. The molecule has 1 atom stereocenters. The number of hydrogen-bond donors (Lipinski definition) is 2. The second-order valence-electron chi connectivity index (χ2n) is 4.02. The van der Waals surface area contributed by atoms with Gasteiger partial charge in [0.2, 0.25) is 5.91 Å². The molecule has 1 aliphatic rings. The summed E-state index contributed by atoms with van der Waals surface area (Å²) < 4.78 is 5.24. The van der Waals surface area contributed by atoms with E-state index in [-0.39, 0.29) is 24.9 Å². The van der Waals surface area contributed by atoms with Crippen molar-refractivity contribution in [2.45, 2.75) is 38.6 Å². The second kappa shape index (κ2) is 9.87.